The minimum atomic E-state index is -2.51. The number of benzene rings is 2. The van der Waals surface area contributed by atoms with E-state index < -0.39 is 23.0 Å². The Morgan fingerprint density at radius 3 is 2.32 bits per heavy atom. The van der Waals surface area contributed by atoms with Crippen molar-refractivity contribution in [2.75, 3.05) is 23.9 Å². The molecular formula is C23H28Cl2N3O5S-. The van der Waals surface area contributed by atoms with Crippen LogP contribution in [0.5, 0.6) is 0 Å². The largest absolute Gasteiger partial charge is 0.755 e. The van der Waals surface area contributed by atoms with Crippen molar-refractivity contribution in [3.8, 4) is 0 Å². The lowest BCUT2D eigenvalue weighted by Crippen LogP contribution is -2.34. The molecule has 2 aromatic carbocycles. The second kappa shape index (κ2) is 12.9. The number of hydrogen-bond acceptors (Lipinski definition) is 5. The molecule has 8 nitrogen and oxygen atoms in total. The van der Waals surface area contributed by atoms with E-state index in [1.807, 2.05) is 0 Å². The summed E-state index contributed by atoms with van der Waals surface area (Å²) < 4.78 is 29.9. The fraction of sp³-hybridized carbons (Fsp3) is 0.391. The van der Waals surface area contributed by atoms with Gasteiger partial charge < -0.3 is 24.2 Å². The van der Waals surface area contributed by atoms with Crippen molar-refractivity contribution in [2.24, 2.45) is 0 Å². The van der Waals surface area contributed by atoms with Crippen molar-refractivity contribution in [1.29, 1.82) is 0 Å². The summed E-state index contributed by atoms with van der Waals surface area (Å²) in [6.07, 6.45) is 0.387. The van der Waals surface area contributed by atoms with E-state index in [-0.39, 0.29) is 12.5 Å². The SMILES string of the molecule is CC(C)(C)OC(=O)NCCCNC(=O)c1ccc(N(CCc2cccc(Cl)c2Cl)S(=O)[O-])cc1. The predicted octanol–water partition coefficient (Wildman–Crippen LogP) is 4.48. The lowest BCUT2D eigenvalue weighted by Gasteiger charge is -2.26. The summed E-state index contributed by atoms with van der Waals surface area (Å²) in [4.78, 5) is 23.9. The summed E-state index contributed by atoms with van der Waals surface area (Å²) in [6.45, 7) is 6.21. The maximum absolute atomic E-state index is 12.3. The third-order valence-corrected chi connectivity index (χ3v) is 6.13. The Labute approximate surface area is 212 Å². The van der Waals surface area contributed by atoms with E-state index >= 15 is 0 Å². The maximum Gasteiger partial charge on any atom is 0.407 e. The quantitative estimate of drug-likeness (QED) is 0.348. The van der Waals surface area contributed by atoms with Gasteiger partial charge in [0.25, 0.3) is 5.91 Å². The molecule has 1 unspecified atom stereocenters. The Balaban J connectivity index is 1.85. The maximum atomic E-state index is 12.3. The monoisotopic (exact) mass is 528 g/mol. The highest BCUT2D eigenvalue weighted by Gasteiger charge is 2.15. The topological polar surface area (TPSA) is 111 Å². The van der Waals surface area contributed by atoms with Gasteiger partial charge in [-0.1, -0.05) is 35.3 Å². The highest BCUT2D eigenvalue weighted by atomic mass is 35.5. The summed E-state index contributed by atoms with van der Waals surface area (Å²) in [5.74, 6) is -0.302. The summed E-state index contributed by atoms with van der Waals surface area (Å²) in [7, 11) is 0. The van der Waals surface area contributed by atoms with E-state index in [0.29, 0.717) is 47.2 Å². The molecule has 0 spiro atoms. The summed E-state index contributed by atoms with van der Waals surface area (Å²) >= 11 is 9.69. The van der Waals surface area contributed by atoms with Gasteiger partial charge in [0.15, 0.2) is 0 Å². The molecule has 11 heteroatoms. The number of ether oxygens (including phenoxy) is 1. The molecule has 34 heavy (non-hydrogen) atoms. The predicted molar refractivity (Wildman–Crippen MR) is 134 cm³/mol. The molecule has 0 bridgehead atoms. The standard InChI is InChI=1S/C23H29Cl2N3O5S/c1-23(2,3)33-22(30)27-14-5-13-26-21(29)17-8-10-18(11-9-17)28(34(31)32)15-12-16-6-4-7-19(24)20(16)25/h4,6-11H,5,12-15H2,1-3H3,(H,26,29)(H,27,30)(H,31,32)/p-1. The number of nitrogens with zero attached hydrogens (tertiary/aromatic N) is 1. The number of rotatable bonds is 10. The van der Waals surface area contributed by atoms with E-state index in [0.717, 1.165) is 5.56 Å². The highest BCUT2D eigenvalue weighted by molar-refractivity contribution is 7.80. The van der Waals surface area contributed by atoms with Crippen LogP contribution in [0.25, 0.3) is 0 Å². The van der Waals surface area contributed by atoms with Gasteiger partial charge in [0, 0.05) is 42.2 Å². The summed E-state index contributed by atoms with van der Waals surface area (Å²) in [5.41, 5.74) is 0.978. The fourth-order valence-electron chi connectivity index (χ4n) is 2.93. The summed E-state index contributed by atoms with van der Waals surface area (Å²) in [5, 5.41) is 6.18. The van der Waals surface area contributed by atoms with E-state index in [9.17, 15) is 18.4 Å². The van der Waals surface area contributed by atoms with Gasteiger partial charge in [-0.2, -0.15) is 0 Å². The van der Waals surface area contributed by atoms with Gasteiger partial charge in [-0.15, -0.1) is 0 Å². The molecule has 186 valence electrons. The van der Waals surface area contributed by atoms with Crippen molar-refractivity contribution in [3.63, 3.8) is 0 Å². The van der Waals surface area contributed by atoms with Crippen molar-refractivity contribution in [2.45, 2.75) is 39.2 Å². The van der Waals surface area contributed by atoms with Crippen LogP contribution in [0.4, 0.5) is 10.5 Å². The fourth-order valence-corrected chi connectivity index (χ4v) is 3.88. The molecule has 0 heterocycles. The van der Waals surface area contributed by atoms with Crippen molar-refractivity contribution in [1.82, 2.24) is 10.6 Å². The number of amides is 2. The van der Waals surface area contributed by atoms with Gasteiger partial charge in [0.1, 0.15) is 5.60 Å². The highest BCUT2D eigenvalue weighted by Crippen LogP contribution is 2.26. The molecule has 0 aliphatic rings. The van der Waals surface area contributed by atoms with Crippen LogP contribution in [-0.4, -0.2) is 46.0 Å². The van der Waals surface area contributed by atoms with Crippen molar-refractivity contribution in [3.05, 3.63) is 63.6 Å². The lowest BCUT2D eigenvalue weighted by molar-refractivity contribution is 0.0527. The van der Waals surface area contributed by atoms with Gasteiger partial charge in [-0.25, -0.2) is 4.79 Å². The molecule has 0 saturated carbocycles. The van der Waals surface area contributed by atoms with Crippen LogP contribution in [0.3, 0.4) is 0 Å². The molecule has 1 atom stereocenters. The number of carbonyl (C=O) groups excluding carboxylic acids is 2. The second-order valence-electron chi connectivity index (χ2n) is 8.37. The third kappa shape index (κ3) is 9.13. The normalized spacial score (nSPS) is 12.1. The first kappa shape index (κ1) is 27.9. The molecule has 2 amide bonds. The number of anilines is 1. The van der Waals surface area contributed by atoms with Crippen molar-refractivity contribution >= 4 is 52.2 Å². The average Bonchev–Trinajstić information content (AvgIpc) is 2.75. The zero-order valence-electron chi connectivity index (χ0n) is 19.2. The van der Waals surface area contributed by atoms with Crippen LogP contribution in [0, 0.1) is 0 Å². The molecule has 0 aliphatic heterocycles. The minimum Gasteiger partial charge on any atom is -0.755 e. The Morgan fingerprint density at radius 2 is 1.71 bits per heavy atom. The molecule has 0 radical (unpaired) electrons. The van der Waals surface area contributed by atoms with Gasteiger partial charge in [0.2, 0.25) is 0 Å². The Kier molecular flexibility index (Phi) is 10.6. The number of halogens is 2. The first-order chi connectivity index (χ1) is 16.0. The Bertz CT molecular complexity index is 1010. The van der Waals surface area contributed by atoms with Gasteiger partial charge >= 0.3 is 6.09 Å². The molecule has 0 aliphatic carbocycles. The molecule has 0 saturated heterocycles. The van der Waals surface area contributed by atoms with Crippen molar-refractivity contribution < 1.29 is 23.1 Å². The molecule has 2 N–H and O–H groups in total. The van der Waals surface area contributed by atoms with E-state index in [2.05, 4.69) is 10.6 Å². The van der Waals surface area contributed by atoms with E-state index in [1.54, 1.807) is 63.2 Å². The summed E-state index contributed by atoms with van der Waals surface area (Å²) in [6, 6.07) is 11.4. The second-order valence-corrected chi connectivity index (χ2v) is 10.0. The third-order valence-electron chi connectivity index (χ3n) is 4.52. The van der Waals surface area contributed by atoms with Crippen LogP contribution in [0.2, 0.25) is 10.0 Å². The van der Waals surface area contributed by atoms with Crippen LogP contribution < -0.4 is 14.9 Å². The Hall–Kier alpha value is -2.33. The zero-order valence-corrected chi connectivity index (χ0v) is 21.6. The molecule has 0 fully saturated rings. The smallest absolute Gasteiger partial charge is 0.407 e. The molecule has 2 aromatic rings. The zero-order chi connectivity index (χ0) is 25.3. The van der Waals surface area contributed by atoms with Gasteiger partial charge in [-0.3, -0.25) is 9.00 Å². The number of carbonyl (C=O) groups is 2. The average molecular weight is 529 g/mol. The van der Waals surface area contributed by atoms with Gasteiger partial charge in [0.05, 0.1) is 10.0 Å². The van der Waals surface area contributed by atoms with Crippen LogP contribution in [-0.2, 0) is 22.4 Å². The van der Waals surface area contributed by atoms with Crippen LogP contribution in [0.1, 0.15) is 43.1 Å². The molecule has 0 aromatic heterocycles. The van der Waals surface area contributed by atoms with Gasteiger partial charge in [-0.05, 0) is 69.5 Å². The van der Waals surface area contributed by atoms with Crippen LogP contribution >= 0.6 is 23.2 Å². The Morgan fingerprint density at radius 1 is 1.06 bits per heavy atom. The first-order valence-electron chi connectivity index (χ1n) is 10.6. The lowest BCUT2D eigenvalue weighted by atomic mass is 10.1. The first-order valence-corrected chi connectivity index (χ1v) is 12.4. The molecule has 2 rings (SSSR count). The van der Waals surface area contributed by atoms with E-state index in [1.165, 1.54) is 4.31 Å². The number of hydrogen-bond donors (Lipinski definition) is 2. The van der Waals surface area contributed by atoms with E-state index in [4.69, 9.17) is 27.9 Å². The number of alkyl carbamates (subject to hydrolysis) is 1. The number of nitrogens with one attached hydrogen (secondary N) is 2. The minimum absolute atomic E-state index is 0.159. The molecular weight excluding hydrogens is 501 g/mol. The van der Waals surface area contributed by atoms with Crippen LogP contribution in [0.15, 0.2) is 42.5 Å².